The second-order valence-electron chi connectivity index (χ2n) is 8.26. The number of fused-ring (bicyclic) bond motifs is 2. The van der Waals surface area contributed by atoms with E-state index in [1.165, 1.54) is 19.3 Å². The minimum Gasteiger partial charge on any atom is -0.340 e. The zero-order valence-corrected chi connectivity index (χ0v) is 15.8. The zero-order chi connectivity index (χ0) is 18.1. The van der Waals surface area contributed by atoms with Gasteiger partial charge >= 0.3 is 0 Å². The lowest BCUT2D eigenvalue weighted by Crippen LogP contribution is -2.53. The summed E-state index contributed by atoms with van der Waals surface area (Å²) in [6.07, 6.45) is 6.47. The number of carbonyl (C=O) groups excluding carboxylic acids is 1. The van der Waals surface area contributed by atoms with Gasteiger partial charge in [-0.1, -0.05) is 18.5 Å². The van der Waals surface area contributed by atoms with E-state index in [1.807, 2.05) is 6.92 Å². The maximum Gasteiger partial charge on any atom is 0.226 e. The molecule has 2 saturated carbocycles. The molecular formula is C19H31N5O2. The van der Waals surface area contributed by atoms with Crippen LogP contribution in [-0.4, -0.2) is 58.1 Å². The van der Waals surface area contributed by atoms with Gasteiger partial charge in [-0.15, -0.1) is 0 Å². The first-order valence-corrected chi connectivity index (χ1v) is 10.2. The average Bonchev–Trinajstić information content (AvgIpc) is 3.09. The first-order chi connectivity index (χ1) is 12.6. The van der Waals surface area contributed by atoms with Crippen molar-refractivity contribution < 1.29 is 9.32 Å². The van der Waals surface area contributed by atoms with Gasteiger partial charge in [0, 0.05) is 44.6 Å². The summed E-state index contributed by atoms with van der Waals surface area (Å²) in [7, 11) is 0. The number of hydrogen-bond donors (Lipinski definition) is 1. The van der Waals surface area contributed by atoms with Gasteiger partial charge in [-0.25, -0.2) is 0 Å². The predicted octanol–water partition coefficient (Wildman–Crippen LogP) is 1.43. The first kappa shape index (κ1) is 17.9. The van der Waals surface area contributed by atoms with E-state index in [0.29, 0.717) is 36.2 Å². The fraction of sp³-hybridized carbons (Fsp3) is 0.842. The Morgan fingerprint density at radius 2 is 1.88 bits per heavy atom. The molecule has 7 nitrogen and oxygen atoms in total. The highest BCUT2D eigenvalue weighted by molar-refractivity contribution is 5.79. The minimum atomic E-state index is 0.195. The van der Waals surface area contributed by atoms with Crippen LogP contribution in [0.2, 0.25) is 0 Å². The molecule has 2 atom stereocenters. The number of aromatic nitrogens is 2. The van der Waals surface area contributed by atoms with Crippen molar-refractivity contribution in [2.24, 2.45) is 23.5 Å². The smallest absolute Gasteiger partial charge is 0.226 e. The molecule has 2 unspecified atom stereocenters. The molecule has 1 saturated heterocycles. The summed E-state index contributed by atoms with van der Waals surface area (Å²) in [5.74, 6) is 3.11. The molecule has 144 valence electrons. The molecule has 1 aromatic heterocycles. The van der Waals surface area contributed by atoms with Crippen molar-refractivity contribution in [3.8, 4) is 0 Å². The molecule has 0 spiro atoms. The Hall–Kier alpha value is -1.47. The third-order valence-electron chi connectivity index (χ3n) is 6.62. The lowest BCUT2D eigenvalue weighted by Gasteiger charge is -2.45. The number of nitrogens with zero attached hydrogens (tertiary/aromatic N) is 4. The van der Waals surface area contributed by atoms with Crippen molar-refractivity contribution in [1.29, 1.82) is 0 Å². The van der Waals surface area contributed by atoms with E-state index in [0.717, 1.165) is 51.3 Å². The molecule has 4 rings (SSSR count). The van der Waals surface area contributed by atoms with E-state index in [4.69, 9.17) is 10.3 Å². The van der Waals surface area contributed by atoms with Crippen LogP contribution in [0.25, 0.3) is 0 Å². The summed E-state index contributed by atoms with van der Waals surface area (Å²) in [6, 6.07) is 0.326. The van der Waals surface area contributed by atoms with Crippen LogP contribution >= 0.6 is 0 Å². The van der Waals surface area contributed by atoms with Gasteiger partial charge in [-0.3, -0.25) is 9.69 Å². The molecule has 1 aliphatic heterocycles. The number of aryl methyl sites for hydroxylation is 1. The maximum absolute atomic E-state index is 13.0. The molecule has 0 aromatic carbocycles. The van der Waals surface area contributed by atoms with Gasteiger partial charge in [-0.2, -0.15) is 4.98 Å². The van der Waals surface area contributed by atoms with Gasteiger partial charge in [0.1, 0.15) is 0 Å². The van der Waals surface area contributed by atoms with Crippen LogP contribution in [0.15, 0.2) is 4.52 Å². The molecule has 26 heavy (non-hydrogen) atoms. The Kier molecular flexibility index (Phi) is 5.27. The van der Waals surface area contributed by atoms with Gasteiger partial charge in [0.05, 0.1) is 6.54 Å². The standard InChI is InChI=1S/C19H31N5O2/c1-2-17-21-16(22-26-17)12-23-6-8-24(9-7-23)19(25)15-10-13-4-3-5-14(11-15)18(13)20/h13-15,18H,2-12,20H2,1H3. The van der Waals surface area contributed by atoms with Crippen LogP contribution in [-0.2, 0) is 17.8 Å². The quantitative estimate of drug-likeness (QED) is 0.873. The highest BCUT2D eigenvalue weighted by atomic mass is 16.5. The second-order valence-corrected chi connectivity index (χ2v) is 8.26. The van der Waals surface area contributed by atoms with Crippen molar-refractivity contribution >= 4 is 5.91 Å². The highest BCUT2D eigenvalue weighted by Crippen LogP contribution is 2.42. The lowest BCUT2D eigenvalue weighted by molar-refractivity contribution is -0.140. The Balaban J connectivity index is 1.28. The van der Waals surface area contributed by atoms with Crippen molar-refractivity contribution in [2.75, 3.05) is 26.2 Å². The Bertz CT molecular complexity index is 611. The summed E-state index contributed by atoms with van der Waals surface area (Å²) in [5.41, 5.74) is 6.38. The van der Waals surface area contributed by atoms with E-state index in [2.05, 4.69) is 19.9 Å². The maximum atomic E-state index is 13.0. The van der Waals surface area contributed by atoms with E-state index in [-0.39, 0.29) is 5.92 Å². The van der Waals surface area contributed by atoms with E-state index < -0.39 is 0 Å². The molecule has 2 N–H and O–H groups in total. The monoisotopic (exact) mass is 361 g/mol. The zero-order valence-electron chi connectivity index (χ0n) is 15.8. The lowest BCUT2D eigenvalue weighted by atomic mass is 9.65. The summed E-state index contributed by atoms with van der Waals surface area (Å²) in [6.45, 7) is 6.06. The topological polar surface area (TPSA) is 88.5 Å². The molecular weight excluding hydrogens is 330 g/mol. The molecule has 2 bridgehead atoms. The van der Waals surface area contributed by atoms with Gasteiger partial charge in [0.2, 0.25) is 11.8 Å². The highest BCUT2D eigenvalue weighted by Gasteiger charge is 2.41. The number of nitrogens with two attached hydrogens (primary N) is 1. The second kappa shape index (κ2) is 7.64. The minimum absolute atomic E-state index is 0.195. The van der Waals surface area contributed by atoms with Gasteiger partial charge < -0.3 is 15.2 Å². The molecule has 2 heterocycles. The van der Waals surface area contributed by atoms with Crippen molar-refractivity contribution in [3.63, 3.8) is 0 Å². The number of piperazine rings is 1. The van der Waals surface area contributed by atoms with E-state index >= 15 is 0 Å². The van der Waals surface area contributed by atoms with Crippen LogP contribution in [0.5, 0.6) is 0 Å². The third-order valence-corrected chi connectivity index (χ3v) is 6.62. The largest absolute Gasteiger partial charge is 0.340 e. The van der Waals surface area contributed by atoms with Crippen LogP contribution in [0.1, 0.15) is 50.7 Å². The molecule has 2 aliphatic carbocycles. The number of amides is 1. The Morgan fingerprint density at radius 3 is 2.50 bits per heavy atom. The number of rotatable bonds is 4. The first-order valence-electron chi connectivity index (χ1n) is 10.2. The van der Waals surface area contributed by atoms with Crippen LogP contribution in [0.3, 0.4) is 0 Å². The van der Waals surface area contributed by atoms with Crippen LogP contribution < -0.4 is 5.73 Å². The predicted molar refractivity (Wildman–Crippen MR) is 97.1 cm³/mol. The van der Waals surface area contributed by atoms with Gasteiger partial charge in [0.15, 0.2) is 5.82 Å². The summed E-state index contributed by atoms with van der Waals surface area (Å²) >= 11 is 0. The SMILES string of the molecule is CCc1nc(CN2CCN(C(=O)C3CC4CCCC(C3)C4N)CC2)no1. The van der Waals surface area contributed by atoms with Crippen molar-refractivity contribution in [1.82, 2.24) is 19.9 Å². The van der Waals surface area contributed by atoms with Gasteiger partial charge in [-0.05, 0) is 37.5 Å². The van der Waals surface area contributed by atoms with Crippen LogP contribution in [0.4, 0.5) is 0 Å². The van der Waals surface area contributed by atoms with Crippen molar-refractivity contribution in [3.05, 3.63) is 11.7 Å². The summed E-state index contributed by atoms with van der Waals surface area (Å²) < 4.78 is 5.18. The molecule has 1 aromatic rings. The summed E-state index contributed by atoms with van der Waals surface area (Å²) in [5, 5.41) is 4.03. The fourth-order valence-corrected chi connectivity index (χ4v) is 5.07. The Morgan fingerprint density at radius 1 is 1.19 bits per heavy atom. The molecule has 0 radical (unpaired) electrons. The average molecular weight is 361 g/mol. The normalized spacial score (nSPS) is 32.6. The fourth-order valence-electron chi connectivity index (χ4n) is 5.07. The van der Waals surface area contributed by atoms with Gasteiger partial charge in [0.25, 0.3) is 0 Å². The van der Waals surface area contributed by atoms with Crippen LogP contribution in [0, 0.1) is 17.8 Å². The molecule has 1 amide bonds. The third kappa shape index (κ3) is 3.64. The number of carbonyl (C=O) groups is 1. The van der Waals surface area contributed by atoms with Crippen molar-refractivity contribution in [2.45, 2.75) is 58.0 Å². The Labute approximate surface area is 155 Å². The van der Waals surface area contributed by atoms with E-state index in [1.54, 1.807) is 0 Å². The molecule has 7 heteroatoms. The number of hydrogen-bond acceptors (Lipinski definition) is 6. The van der Waals surface area contributed by atoms with E-state index in [9.17, 15) is 4.79 Å². The molecule has 3 aliphatic rings. The molecule has 3 fully saturated rings. The summed E-state index contributed by atoms with van der Waals surface area (Å²) in [4.78, 5) is 21.8.